The van der Waals surface area contributed by atoms with Crippen LogP contribution in [0, 0.1) is 6.92 Å². The number of carboxylic acids is 1. The zero-order valence-electron chi connectivity index (χ0n) is 16.5. The summed E-state index contributed by atoms with van der Waals surface area (Å²) in [6, 6.07) is 11.0. The molecule has 1 heterocycles. The van der Waals surface area contributed by atoms with Crippen LogP contribution in [0.5, 0.6) is 0 Å². The molecule has 0 fully saturated rings. The van der Waals surface area contributed by atoms with Gasteiger partial charge in [-0.2, -0.15) is 4.98 Å². The van der Waals surface area contributed by atoms with Gasteiger partial charge in [-0.25, -0.2) is 9.59 Å². The van der Waals surface area contributed by atoms with Crippen molar-refractivity contribution in [3.05, 3.63) is 64.0 Å². The number of benzene rings is 2. The maximum atomic E-state index is 12.6. The Morgan fingerprint density at radius 1 is 1.20 bits per heavy atom. The van der Waals surface area contributed by atoms with E-state index in [2.05, 4.69) is 15.6 Å². The quantitative estimate of drug-likeness (QED) is 0.514. The Kier molecular flexibility index (Phi) is 6.43. The van der Waals surface area contributed by atoms with Crippen molar-refractivity contribution in [2.75, 3.05) is 24.4 Å². The van der Waals surface area contributed by atoms with Crippen molar-refractivity contribution in [2.45, 2.75) is 19.4 Å². The Morgan fingerprint density at radius 2 is 1.93 bits per heavy atom. The molecule has 1 atom stereocenters. The molecule has 9 nitrogen and oxygen atoms in total. The predicted molar refractivity (Wildman–Crippen MR) is 111 cm³/mol. The summed E-state index contributed by atoms with van der Waals surface area (Å²) >= 11 is 0. The number of ether oxygens (including phenoxy) is 1. The molecule has 1 amide bonds. The second kappa shape index (κ2) is 9.19. The molecule has 0 bridgehead atoms. The Labute approximate surface area is 171 Å². The van der Waals surface area contributed by atoms with Crippen molar-refractivity contribution >= 4 is 34.5 Å². The highest BCUT2D eigenvalue weighted by molar-refractivity contribution is 5.96. The number of aryl methyl sites for hydroxylation is 1. The minimum absolute atomic E-state index is 0.120. The van der Waals surface area contributed by atoms with E-state index >= 15 is 0 Å². The van der Waals surface area contributed by atoms with Crippen molar-refractivity contribution < 1.29 is 23.8 Å². The predicted octanol–water partition coefficient (Wildman–Crippen LogP) is 2.19. The zero-order chi connectivity index (χ0) is 21.7. The molecule has 2 aromatic carbocycles. The highest BCUT2D eigenvalue weighted by atomic mass is 16.5. The lowest BCUT2D eigenvalue weighted by molar-refractivity contribution is -0.138. The molecule has 156 valence electrons. The van der Waals surface area contributed by atoms with Crippen LogP contribution in [0.2, 0.25) is 0 Å². The molecular weight excluding hydrogens is 390 g/mol. The number of nitrogens with one attached hydrogen (secondary N) is 2. The molecule has 9 heteroatoms. The van der Waals surface area contributed by atoms with Gasteiger partial charge in [0.1, 0.15) is 12.6 Å². The standard InChI is InChI=1S/C21H21N3O6/c1-12-14(22-17(25)11-29-2)8-9-15-18(12)20(28)30-21(23-15)24-16(19(26)27)10-13-6-4-3-5-7-13/h3-9,16H,10-11H2,1-2H3,(H,22,25)(H,23,24)(H,26,27)/t16-/m0/s1. The zero-order valence-corrected chi connectivity index (χ0v) is 16.5. The van der Waals surface area contributed by atoms with Crippen molar-refractivity contribution in [1.29, 1.82) is 0 Å². The number of carboxylic acid groups (broad SMARTS) is 1. The monoisotopic (exact) mass is 411 g/mol. The summed E-state index contributed by atoms with van der Waals surface area (Å²) in [6.07, 6.45) is 0.184. The lowest BCUT2D eigenvalue weighted by Gasteiger charge is -2.15. The SMILES string of the molecule is COCC(=O)Nc1ccc2nc(N[C@@H](Cc3ccccc3)C(=O)O)oc(=O)c2c1C. The van der Waals surface area contributed by atoms with E-state index in [0.717, 1.165) is 5.56 Å². The number of anilines is 2. The van der Waals surface area contributed by atoms with Crippen molar-refractivity contribution in [3.63, 3.8) is 0 Å². The van der Waals surface area contributed by atoms with Crippen LogP contribution >= 0.6 is 0 Å². The number of hydrogen-bond donors (Lipinski definition) is 3. The summed E-state index contributed by atoms with van der Waals surface area (Å²) in [6.45, 7) is 1.54. The summed E-state index contributed by atoms with van der Waals surface area (Å²) in [5, 5.41) is 15.1. The second-order valence-corrected chi connectivity index (χ2v) is 6.64. The van der Waals surface area contributed by atoms with E-state index in [1.165, 1.54) is 7.11 Å². The van der Waals surface area contributed by atoms with Crippen molar-refractivity contribution in [1.82, 2.24) is 4.98 Å². The fourth-order valence-electron chi connectivity index (χ4n) is 3.03. The van der Waals surface area contributed by atoms with Gasteiger partial charge < -0.3 is 24.9 Å². The van der Waals surface area contributed by atoms with E-state index in [4.69, 9.17) is 9.15 Å². The van der Waals surface area contributed by atoms with Gasteiger partial charge in [0.25, 0.3) is 6.01 Å². The average Bonchev–Trinajstić information content (AvgIpc) is 2.70. The van der Waals surface area contributed by atoms with Gasteiger partial charge in [0.05, 0.1) is 10.9 Å². The molecule has 0 unspecified atom stereocenters. The van der Waals surface area contributed by atoms with Crippen LogP contribution in [0.25, 0.3) is 10.9 Å². The van der Waals surface area contributed by atoms with Crippen LogP contribution in [-0.4, -0.2) is 41.7 Å². The maximum absolute atomic E-state index is 12.6. The molecule has 3 N–H and O–H groups in total. The van der Waals surface area contributed by atoms with Gasteiger partial charge in [0, 0.05) is 19.2 Å². The summed E-state index contributed by atoms with van der Waals surface area (Å²) in [5.41, 5.74) is 1.37. The third-order valence-corrected chi connectivity index (χ3v) is 4.49. The molecule has 0 aliphatic rings. The van der Waals surface area contributed by atoms with Crippen LogP contribution in [0.3, 0.4) is 0 Å². The van der Waals surface area contributed by atoms with Gasteiger partial charge in [-0.3, -0.25) is 4.79 Å². The molecule has 3 aromatic rings. The van der Waals surface area contributed by atoms with Crippen molar-refractivity contribution in [2.24, 2.45) is 0 Å². The highest BCUT2D eigenvalue weighted by Gasteiger charge is 2.21. The lowest BCUT2D eigenvalue weighted by atomic mass is 10.1. The largest absolute Gasteiger partial charge is 0.480 e. The first-order valence-electron chi connectivity index (χ1n) is 9.15. The lowest BCUT2D eigenvalue weighted by Crippen LogP contribution is -2.32. The summed E-state index contributed by atoms with van der Waals surface area (Å²) < 4.78 is 10.00. The number of hydrogen-bond acceptors (Lipinski definition) is 7. The second-order valence-electron chi connectivity index (χ2n) is 6.64. The van der Waals surface area contributed by atoms with Crippen molar-refractivity contribution in [3.8, 4) is 0 Å². The van der Waals surface area contributed by atoms with Crippen LogP contribution < -0.4 is 16.3 Å². The van der Waals surface area contributed by atoms with Crippen LogP contribution in [0.1, 0.15) is 11.1 Å². The normalized spacial score (nSPS) is 11.8. The molecule has 0 aliphatic carbocycles. The molecular formula is C21H21N3O6. The fraction of sp³-hybridized carbons (Fsp3) is 0.238. The third kappa shape index (κ3) is 4.81. The van der Waals surface area contributed by atoms with Gasteiger partial charge in [-0.1, -0.05) is 30.3 Å². The number of carbonyl (C=O) groups is 2. The molecule has 0 radical (unpaired) electrons. The number of carbonyl (C=O) groups excluding carboxylic acids is 1. The Balaban J connectivity index is 1.89. The molecule has 1 aromatic heterocycles. The smallest absolute Gasteiger partial charge is 0.348 e. The topological polar surface area (TPSA) is 131 Å². The molecule has 30 heavy (non-hydrogen) atoms. The number of nitrogens with zero attached hydrogens (tertiary/aromatic N) is 1. The third-order valence-electron chi connectivity index (χ3n) is 4.49. The minimum Gasteiger partial charge on any atom is -0.480 e. The Morgan fingerprint density at radius 3 is 2.60 bits per heavy atom. The first-order chi connectivity index (χ1) is 14.4. The van der Waals surface area contributed by atoms with Crippen LogP contribution in [0.4, 0.5) is 11.7 Å². The van der Waals surface area contributed by atoms with Gasteiger partial charge >= 0.3 is 11.6 Å². The molecule has 0 spiro atoms. The average molecular weight is 411 g/mol. The maximum Gasteiger partial charge on any atom is 0.348 e. The van der Waals surface area contributed by atoms with Gasteiger partial charge in [0.2, 0.25) is 5.91 Å². The number of fused-ring (bicyclic) bond motifs is 1. The summed E-state index contributed by atoms with van der Waals surface area (Å²) in [5.74, 6) is -1.46. The number of amides is 1. The van der Waals surface area contributed by atoms with E-state index in [1.807, 2.05) is 30.3 Å². The fourth-order valence-corrected chi connectivity index (χ4v) is 3.03. The Bertz CT molecular complexity index is 1130. The van der Waals surface area contributed by atoms with Gasteiger partial charge in [-0.05, 0) is 30.2 Å². The molecule has 0 saturated carbocycles. The van der Waals surface area contributed by atoms with Gasteiger partial charge in [-0.15, -0.1) is 0 Å². The van der Waals surface area contributed by atoms with Crippen LogP contribution in [0.15, 0.2) is 51.7 Å². The Hall–Kier alpha value is -3.72. The van der Waals surface area contributed by atoms with E-state index in [1.54, 1.807) is 19.1 Å². The summed E-state index contributed by atoms with van der Waals surface area (Å²) in [7, 11) is 1.40. The highest BCUT2D eigenvalue weighted by Crippen LogP contribution is 2.23. The number of aromatic nitrogens is 1. The van der Waals surface area contributed by atoms with Crippen LogP contribution in [-0.2, 0) is 20.7 Å². The number of aliphatic carboxylic acids is 1. The minimum atomic E-state index is -1.10. The van der Waals surface area contributed by atoms with E-state index < -0.39 is 17.6 Å². The molecule has 3 rings (SSSR count). The first-order valence-corrected chi connectivity index (χ1v) is 9.15. The summed E-state index contributed by atoms with van der Waals surface area (Å²) in [4.78, 5) is 40.2. The first kappa shape index (κ1) is 21.0. The number of methoxy groups -OCH3 is 1. The van der Waals surface area contributed by atoms with E-state index in [-0.39, 0.29) is 30.3 Å². The van der Waals surface area contributed by atoms with E-state index in [9.17, 15) is 19.5 Å². The molecule has 0 aliphatic heterocycles. The van der Waals surface area contributed by atoms with Gasteiger partial charge in [0.15, 0.2) is 0 Å². The number of rotatable bonds is 8. The molecule has 0 saturated heterocycles. The van der Waals surface area contributed by atoms with E-state index in [0.29, 0.717) is 16.8 Å².